The Balaban J connectivity index is 0.000000294. The fourth-order valence-electron chi connectivity index (χ4n) is 3.00. The average Bonchev–Trinajstić information content (AvgIpc) is 2.75. The first-order chi connectivity index (χ1) is 17.2. The number of carbonyl (C=O) groups is 1. The Bertz CT molecular complexity index is 1170. The summed E-state index contributed by atoms with van der Waals surface area (Å²) in [6, 6.07) is 12.5. The van der Waals surface area contributed by atoms with E-state index in [-0.39, 0.29) is 0 Å². The Morgan fingerprint density at radius 2 is 1.32 bits per heavy atom. The summed E-state index contributed by atoms with van der Waals surface area (Å²) in [5.41, 5.74) is 26.4. The van der Waals surface area contributed by atoms with Gasteiger partial charge in [-0.2, -0.15) is 5.26 Å². The van der Waals surface area contributed by atoms with Crippen molar-refractivity contribution in [3.8, 4) is 6.07 Å². The number of nitrogens with zero attached hydrogens (tertiary/aromatic N) is 4. The van der Waals surface area contributed by atoms with Crippen LogP contribution >= 0.6 is 0 Å². The van der Waals surface area contributed by atoms with E-state index in [0.29, 0.717) is 36.1 Å². The normalized spacial score (nSPS) is 10.1. The van der Waals surface area contributed by atoms with Gasteiger partial charge in [-0.25, -0.2) is 19.7 Å². The molecule has 0 radical (unpaired) electrons. The van der Waals surface area contributed by atoms with Crippen LogP contribution in [-0.2, 0) is 17.8 Å². The standard InChI is InChI=1S/C12H19N3O2.C7H11N3.C7H7N3/c1-8-5-9(6-10(13)15-8)7-14-11(16)17-12(2,3)4;2*1-5-2-6(4-8)3-7(9)10-5/h5-6H,7H2,1-4H3,(H2,13,15)(H,14,16);2-3H,4,8H2,1H3,(H2,9,10);2-3H,1H3,(H2,9,10). The summed E-state index contributed by atoms with van der Waals surface area (Å²) in [7, 11) is 0. The van der Waals surface area contributed by atoms with Gasteiger partial charge in [0.25, 0.3) is 0 Å². The van der Waals surface area contributed by atoms with Gasteiger partial charge in [0, 0.05) is 30.2 Å². The summed E-state index contributed by atoms with van der Waals surface area (Å²) < 4.78 is 5.12. The Morgan fingerprint density at radius 3 is 1.76 bits per heavy atom. The predicted octanol–water partition coefficient (Wildman–Crippen LogP) is 3.27. The summed E-state index contributed by atoms with van der Waals surface area (Å²) in [4.78, 5) is 23.4. The second kappa shape index (κ2) is 14.2. The molecule has 0 bridgehead atoms. The van der Waals surface area contributed by atoms with Crippen molar-refractivity contribution in [1.29, 1.82) is 5.26 Å². The number of anilines is 3. The Labute approximate surface area is 218 Å². The van der Waals surface area contributed by atoms with Crippen LogP contribution in [0.2, 0.25) is 0 Å². The van der Waals surface area contributed by atoms with Gasteiger partial charge in [0.1, 0.15) is 23.1 Å². The maximum atomic E-state index is 11.4. The van der Waals surface area contributed by atoms with E-state index < -0.39 is 11.7 Å². The van der Waals surface area contributed by atoms with Crippen LogP contribution in [0.5, 0.6) is 0 Å². The van der Waals surface area contributed by atoms with Gasteiger partial charge in [0.05, 0.1) is 11.6 Å². The molecule has 0 atom stereocenters. The average molecular weight is 508 g/mol. The minimum absolute atomic E-state index is 0.377. The molecule has 11 nitrogen and oxygen atoms in total. The van der Waals surface area contributed by atoms with E-state index in [0.717, 1.165) is 28.2 Å². The molecule has 0 aliphatic heterocycles. The summed E-state index contributed by atoms with van der Waals surface area (Å²) in [6.45, 7) is 11.9. The number of rotatable bonds is 3. The van der Waals surface area contributed by atoms with Crippen molar-refractivity contribution in [2.45, 2.75) is 60.2 Å². The first-order valence-corrected chi connectivity index (χ1v) is 11.5. The maximum absolute atomic E-state index is 11.4. The zero-order valence-electron chi connectivity index (χ0n) is 22.3. The van der Waals surface area contributed by atoms with Crippen LogP contribution < -0.4 is 28.3 Å². The number of aryl methyl sites for hydroxylation is 3. The molecule has 9 N–H and O–H groups in total. The van der Waals surface area contributed by atoms with Gasteiger partial charge < -0.3 is 33.0 Å². The molecule has 3 rings (SSSR count). The Morgan fingerprint density at radius 1 is 0.865 bits per heavy atom. The van der Waals surface area contributed by atoms with E-state index >= 15 is 0 Å². The van der Waals surface area contributed by atoms with Crippen molar-refractivity contribution in [1.82, 2.24) is 20.3 Å². The van der Waals surface area contributed by atoms with Gasteiger partial charge in [-0.3, -0.25) is 0 Å². The molecule has 0 fully saturated rings. The van der Waals surface area contributed by atoms with Gasteiger partial charge in [-0.05, 0) is 89.1 Å². The largest absolute Gasteiger partial charge is 0.444 e. The summed E-state index contributed by atoms with van der Waals surface area (Å²) in [6.07, 6.45) is -0.439. The number of amides is 1. The number of hydrogen-bond acceptors (Lipinski definition) is 10. The molecular formula is C26H37N9O2. The molecular weight excluding hydrogens is 470 g/mol. The molecule has 0 aliphatic carbocycles. The van der Waals surface area contributed by atoms with E-state index in [1.807, 2.05) is 52.8 Å². The van der Waals surface area contributed by atoms with Gasteiger partial charge in [0.2, 0.25) is 0 Å². The third kappa shape index (κ3) is 13.3. The summed E-state index contributed by atoms with van der Waals surface area (Å²) in [5, 5.41) is 11.1. The van der Waals surface area contributed by atoms with Gasteiger partial charge in [0.15, 0.2) is 0 Å². The Hall–Kier alpha value is -4.43. The minimum atomic E-state index is -0.489. The summed E-state index contributed by atoms with van der Waals surface area (Å²) in [5.74, 6) is 1.39. The van der Waals surface area contributed by atoms with Gasteiger partial charge in [-0.1, -0.05) is 0 Å². The van der Waals surface area contributed by atoms with Crippen molar-refractivity contribution in [3.63, 3.8) is 0 Å². The highest BCUT2D eigenvalue weighted by atomic mass is 16.6. The number of alkyl carbamates (subject to hydrolysis) is 1. The fourth-order valence-corrected chi connectivity index (χ4v) is 3.00. The van der Waals surface area contributed by atoms with Gasteiger partial charge >= 0.3 is 6.09 Å². The lowest BCUT2D eigenvalue weighted by atomic mass is 10.2. The van der Waals surface area contributed by atoms with Gasteiger partial charge in [-0.15, -0.1) is 0 Å². The molecule has 3 aromatic heterocycles. The SMILES string of the molecule is Cc1cc(C#N)cc(N)n1.Cc1cc(CN)cc(N)n1.Cc1cc(CNC(=O)OC(C)(C)C)cc(N)n1. The van der Waals surface area contributed by atoms with Crippen LogP contribution in [0.3, 0.4) is 0 Å². The highest BCUT2D eigenvalue weighted by Crippen LogP contribution is 2.09. The lowest BCUT2D eigenvalue weighted by Gasteiger charge is -2.19. The lowest BCUT2D eigenvalue weighted by molar-refractivity contribution is 0.0523. The van der Waals surface area contributed by atoms with E-state index in [1.54, 1.807) is 31.2 Å². The number of pyridine rings is 3. The van der Waals surface area contributed by atoms with Crippen molar-refractivity contribution in [2.75, 3.05) is 17.2 Å². The molecule has 3 aromatic rings. The van der Waals surface area contributed by atoms with Crippen LogP contribution in [0.15, 0.2) is 36.4 Å². The number of carbonyl (C=O) groups excluding carboxylic acids is 1. The van der Waals surface area contributed by atoms with Crippen LogP contribution in [0.1, 0.15) is 54.5 Å². The number of nitrogen functional groups attached to an aromatic ring is 3. The van der Waals surface area contributed by atoms with Crippen molar-refractivity contribution < 1.29 is 9.53 Å². The lowest BCUT2D eigenvalue weighted by Crippen LogP contribution is -2.32. The number of ether oxygens (including phenoxy) is 1. The summed E-state index contributed by atoms with van der Waals surface area (Å²) >= 11 is 0. The van der Waals surface area contributed by atoms with Crippen LogP contribution in [-0.4, -0.2) is 26.6 Å². The quantitative estimate of drug-likeness (QED) is 0.349. The molecule has 0 aliphatic rings. The molecule has 0 aromatic carbocycles. The molecule has 0 unspecified atom stereocenters. The van der Waals surface area contributed by atoms with E-state index in [1.165, 1.54) is 0 Å². The molecule has 3 heterocycles. The predicted molar refractivity (Wildman–Crippen MR) is 146 cm³/mol. The number of aromatic nitrogens is 3. The van der Waals surface area contributed by atoms with Crippen molar-refractivity contribution >= 4 is 23.5 Å². The topological polar surface area (TPSA) is 205 Å². The zero-order chi connectivity index (χ0) is 28.2. The highest BCUT2D eigenvalue weighted by Gasteiger charge is 2.15. The third-order valence-corrected chi connectivity index (χ3v) is 4.24. The van der Waals surface area contributed by atoms with E-state index in [9.17, 15) is 4.79 Å². The second-order valence-corrected chi connectivity index (χ2v) is 9.18. The van der Waals surface area contributed by atoms with E-state index in [2.05, 4.69) is 20.3 Å². The molecule has 0 saturated carbocycles. The van der Waals surface area contributed by atoms with Crippen LogP contribution in [0, 0.1) is 32.1 Å². The Kier molecular flexibility index (Phi) is 11.7. The highest BCUT2D eigenvalue weighted by molar-refractivity contribution is 5.67. The third-order valence-electron chi connectivity index (χ3n) is 4.24. The first kappa shape index (κ1) is 30.6. The van der Waals surface area contributed by atoms with E-state index in [4.69, 9.17) is 32.9 Å². The molecule has 0 saturated heterocycles. The molecule has 0 spiro atoms. The number of nitrogens with two attached hydrogens (primary N) is 4. The molecule has 37 heavy (non-hydrogen) atoms. The molecule has 198 valence electrons. The van der Waals surface area contributed by atoms with Crippen LogP contribution in [0.25, 0.3) is 0 Å². The number of nitrogens with one attached hydrogen (secondary N) is 1. The minimum Gasteiger partial charge on any atom is -0.444 e. The fraction of sp³-hybridized carbons (Fsp3) is 0.346. The molecule has 11 heteroatoms. The second-order valence-electron chi connectivity index (χ2n) is 9.18. The smallest absolute Gasteiger partial charge is 0.407 e. The maximum Gasteiger partial charge on any atom is 0.407 e. The molecule has 1 amide bonds. The zero-order valence-corrected chi connectivity index (χ0v) is 22.3. The number of nitriles is 1. The monoisotopic (exact) mass is 507 g/mol. The first-order valence-electron chi connectivity index (χ1n) is 11.5. The van der Waals surface area contributed by atoms with Crippen LogP contribution in [0.4, 0.5) is 22.2 Å². The van der Waals surface area contributed by atoms with Crippen molar-refractivity contribution in [2.24, 2.45) is 5.73 Å². The van der Waals surface area contributed by atoms with Crippen molar-refractivity contribution in [3.05, 3.63) is 70.2 Å². The number of hydrogen-bond donors (Lipinski definition) is 5.